The number of rotatable bonds is 6. The van der Waals surface area contributed by atoms with Crippen molar-refractivity contribution >= 4 is 11.3 Å². The van der Waals surface area contributed by atoms with Gasteiger partial charge in [0, 0.05) is 5.56 Å². The summed E-state index contributed by atoms with van der Waals surface area (Å²) in [5, 5.41) is 10.2. The van der Waals surface area contributed by atoms with Crippen molar-refractivity contribution < 1.29 is 18.4 Å². The van der Waals surface area contributed by atoms with Gasteiger partial charge in [-0.3, -0.25) is 0 Å². The molecule has 3 rings (SSSR count). The number of hydrogen-bond acceptors (Lipinski definition) is 5. The van der Waals surface area contributed by atoms with E-state index in [4.69, 9.17) is 9.15 Å². The van der Waals surface area contributed by atoms with Crippen LogP contribution < -0.4 is 9.64 Å². The topological polar surface area (TPSA) is 52.6 Å². The molecule has 5 nitrogen and oxygen atoms in total. The number of ether oxygens (including phenoxy) is 1. The third-order valence-corrected chi connectivity index (χ3v) is 4.84. The number of halogens is 1. The Kier molecular flexibility index (Phi) is 4.92. The average molecular weight is 348 g/mol. The highest BCUT2D eigenvalue weighted by molar-refractivity contribution is 7.13. The predicted octanol–water partition coefficient (Wildman–Crippen LogP) is 2.72. The lowest BCUT2D eigenvalue weighted by Gasteiger charge is -2.19. The molecule has 0 saturated heterocycles. The van der Waals surface area contributed by atoms with Crippen LogP contribution in [0.2, 0.25) is 0 Å². The number of methoxy groups -OCH3 is 1. The first-order chi connectivity index (χ1) is 11.6. The summed E-state index contributed by atoms with van der Waals surface area (Å²) in [6.07, 6.45) is 0. The number of nitrogens with zero attached hydrogens (tertiary/aromatic N) is 2. The Balaban J connectivity index is 1.70. The van der Waals surface area contributed by atoms with Crippen molar-refractivity contribution in [2.75, 3.05) is 14.2 Å². The van der Waals surface area contributed by atoms with Crippen molar-refractivity contribution in [3.8, 4) is 16.5 Å². The first kappa shape index (κ1) is 16.6. The van der Waals surface area contributed by atoms with Crippen LogP contribution in [-0.4, -0.2) is 24.4 Å². The van der Waals surface area contributed by atoms with Crippen molar-refractivity contribution in [3.05, 3.63) is 53.0 Å². The zero-order valence-electron chi connectivity index (χ0n) is 13.7. The maximum absolute atomic E-state index is 13.8. The van der Waals surface area contributed by atoms with Crippen LogP contribution >= 0.6 is 11.3 Å². The zero-order chi connectivity index (χ0) is 17.1. The molecular weight excluding hydrogens is 329 g/mol. The molecule has 0 spiro atoms. The summed E-state index contributed by atoms with van der Waals surface area (Å²) in [5.74, 6) is 1.01. The monoisotopic (exact) mass is 348 g/mol. The number of nitrogens with one attached hydrogen (secondary N) is 1. The molecule has 0 fully saturated rings. The Labute approximate surface area is 143 Å². The highest BCUT2D eigenvalue weighted by Gasteiger charge is 2.23. The fourth-order valence-corrected chi connectivity index (χ4v) is 3.06. The lowest BCUT2D eigenvalue weighted by molar-refractivity contribution is -0.925. The first-order valence-electron chi connectivity index (χ1n) is 7.60. The van der Waals surface area contributed by atoms with E-state index in [0.29, 0.717) is 18.3 Å². The van der Waals surface area contributed by atoms with Gasteiger partial charge in [0.1, 0.15) is 6.54 Å². The van der Waals surface area contributed by atoms with E-state index in [1.807, 2.05) is 37.6 Å². The summed E-state index contributed by atoms with van der Waals surface area (Å²) >= 11 is 1.56. The Bertz CT molecular complexity index is 804. The minimum absolute atomic E-state index is 0.00336. The van der Waals surface area contributed by atoms with Crippen molar-refractivity contribution in [2.24, 2.45) is 0 Å². The van der Waals surface area contributed by atoms with Gasteiger partial charge in [-0.1, -0.05) is 6.07 Å². The molecule has 0 aliphatic heterocycles. The zero-order valence-corrected chi connectivity index (χ0v) is 14.6. The lowest BCUT2D eigenvalue weighted by atomic mass is 10.1. The minimum atomic E-state index is -0.353. The molecular formula is C17H19FN3O2S+. The molecule has 2 heterocycles. The second-order valence-corrected chi connectivity index (χ2v) is 6.58. The van der Waals surface area contributed by atoms with Crippen LogP contribution in [0.3, 0.4) is 0 Å². The number of hydrogen-bond donors (Lipinski definition) is 1. The quantitative estimate of drug-likeness (QED) is 0.744. The summed E-state index contributed by atoms with van der Waals surface area (Å²) in [7, 11) is 3.47. The third-order valence-electron chi connectivity index (χ3n) is 3.98. The first-order valence-corrected chi connectivity index (χ1v) is 8.48. The summed E-state index contributed by atoms with van der Waals surface area (Å²) in [6.45, 7) is 2.65. The molecule has 1 aromatic carbocycles. The number of thiophene rings is 1. The summed E-state index contributed by atoms with van der Waals surface area (Å²) < 4.78 is 24.5. The lowest BCUT2D eigenvalue weighted by Crippen LogP contribution is -3.07. The molecule has 0 bridgehead atoms. The molecule has 1 unspecified atom stereocenters. The molecule has 0 aliphatic carbocycles. The summed E-state index contributed by atoms with van der Waals surface area (Å²) in [5.41, 5.74) is 0.885. The summed E-state index contributed by atoms with van der Waals surface area (Å²) in [6, 6.07) is 8.90. The van der Waals surface area contributed by atoms with Gasteiger partial charge in [-0.25, -0.2) is 4.39 Å². The maximum Gasteiger partial charge on any atom is 0.274 e. The van der Waals surface area contributed by atoms with E-state index in [0.717, 1.165) is 15.3 Å². The third kappa shape index (κ3) is 3.47. The molecule has 0 radical (unpaired) electrons. The molecule has 0 aliphatic rings. The van der Waals surface area contributed by atoms with E-state index in [1.165, 1.54) is 13.2 Å². The number of benzene rings is 1. The molecule has 0 saturated carbocycles. The standard InChI is InChI=1S/C17H18FN3O2S/c1-11(16-19-20-17(23-16)15-5-4-8-24-15)21(2)10-12-6-7-14(22-3)13(18)9-12/h4-9,11H,10H2,1-3H3/p+1/t11-/m0/s1. The van der Waals surface area contributed by atoms with Crippen LogP contribution in [0.4, 0.5) is 4.39 Å². The molecule has 126 valence electrons. The van der Waals surface area contributed by atoms with Gasteiger partial charge in [-0.05, 0) is 36.6 Å². The fraction of sp³-hybridized carbons (Fsp3) is 0.294. The Morgan fingerprint density at radius 3 is 2.83 bits per heavy atom. The van der Waals surface area contributed by atoms with Gasteiger partial charge in [-0.15, -0.1) is 21.5 Å². The normalized spacial score (nSPS) is 13.7. The smallest absolute Gasteiger partial charge is 0.274 e. The van der Waals surface area contributed by atoms with Gasteiger partial charge in [0.2, 0.25) is 0 Å². The molecule has 3 aromatic rings. The largest absolute Gasteiger partial charge is 0.494 e. The Hall–Kier alpha value is -2.25. The minimum Gasteiger partial charge on any atom is -0.494 e. The van der Waals surface area contributed by atoms with Crippen molar-refractivity contribution in [1.82, 2.24) is 10.2 Å². The average Bonchev–Trinajstić information content (AvgIpc) is 3.25. The Morgan fingerprint density at radius 2 is 2.17 bits per heavy atom. The van der Waals surface area contributed by atoms with Gasteiger partial charge in [-0.2, -0.15) is 0 Å². The molecule has 2 aromatic heterocycles. The van der Waals surface area contributed by atoms with E-state index >= 15 is 0 Å². The molecule has 2 atom stereocenters. The Morgan fingerprint density at radius 1 is 1.33 bits per heavy atom. The van der Waals surface area contributed by atoms with Crippen LogP contribution in [0.1, 0.15) is 24.4 Å². The maximum atomic E-state index is 13.8. The number of aromatic nitrogens is 2. The van der Waals surface area contributed by atoms with E-state index in [2.05, 4.69) is 10.2 Å². The highest BCUT2D eigenvalue weighted by atomic mass is 32.1. The second kappa shape index (κ2) is 7.11. The molecule has 1 N–H and O–H groups in total. The SMILES string of the molecule is COc1ccc(C[NH+](C)[C@@H](C)c2nnc(-c3cccs3)o2)cc1F. The summed E-state index contributed by atoms with van der Waals surface area (Å²) in [4.78, 5) is 2.08. The van der Waals surface area contributed by atoms with E-state index in [-0.39, 0.29) is 17.6 Å². The van der Waals surface area contributed by atoms with Crippen molar-refractivity contribution in [2.45, 2.75) is 19.5 Å². The molecule has 7 heteroatoms. The van der Waals surface area contributed by atoms with Crippen LogP contribution in [0.5, 0.6) is 5.75 Å². The van der Waals surface area contributed by atoms with Gasteiger partial charge >= 0.3 is 0 Å². The van der Waals surface area contributed by atoms with Gasteiger partial charge < -0.3 is 14.1 Å². The predicted molar refractivity (Wildman–Crippen MR) is 89.6 cm³/mol. The van der Waals surface area contributed by atoms with E-state index in [1.54, 1.807) is 17.4 Å². The van der Waals surface area contributed by atoms with Gasteiger partial charge in [0.15, 0.2) is 17.6 Å². The van der Waals surface area contributed by atoms with Crippen molar-refractivity contribution in [3.63, 3.8) is 0 Å². The fourth-order valence-electron chi connectivity index (χ4n) is 2.42. The highest BCUT2D eigenvalue weighted by Crippen LogP contribution is 2.24. The van der Waals surface area contributed by atoms with Gasteiger partial charge in [0.25, 0.3) is 11.8 Å². The molecule has 0 amide bonds. The van der Waals surface area contributed by atoms with E-state index < -0.39 is 0 Å². The van der Waals surface area contributed by atoms with Crippen LogP contribution in [0.25, 0.3) is 10.8 Å². The van der Waals surface area contributed by atoms with Crippen LogP contribution in [0, 0.1) is 5.82 Å². The van der Waals surface area contributed by atoms with Crippen LogP contribution in [-0.2, 0) is 6.54 Å². The second-order valence-electron chi connectivity index (χ2n) is 5.64. The van der Waals surface area contributed by atoms with Crippen molar-refractivity contribution in [1.29, 1.82) is 0 Å². The van der Waals surface area contributed by atoms with Crippen LogP contribution in [0.15, 0.2) is 40.1 Å². The van der Waals surface area contributed by atoms with E-state index in [9.17, 15) is 4.39 Å². The van der Waals surface area contributed by atoms with Gasteiger partial charge in [0.05, 0.1) is 19.0 Å². The number of quaternary nitrogens is 1. The molecule has 24 heavy (non-hydrogen) atoms.